The number of nitrogens with one attached hydrogen (secondary N) is 1. The zero-order valence-corrected chi connectivity index (χ0v) is 9.25. The van der Waals surface area contributed by atoms with Crippen LogP contribution in [0.5, 0.6) is 0 Å². The van der Waals surface area contributed by atoms with E-state index in [0.717, 1.165) is 6.07 Å². The van der Waals surface area contributed by atoms with Gasteiger partial charge in [-0.05, 0) is 17.5 Å². The number of H-pyrrole nitrogens is 1. The molecule has 4 nitrogen and oxygen atoms in total. The Morgan fingerprint density at radius 3 is 2.59 bits per heavy atom. The molecular weight excluding hydrogens is 230 g/mol. The predicted octanol–water partition coefficient (Wildman–Crippen LogP) is 2.43. The van der Waals surface area contributed by atoms with Crippen LogP contribution >= 0.6 is 0 Å². The number of halogens is 2. The lowest BCUT2D eigenvalue weighted by molar-refractivity contribution is 0.387. The van der Waals surface area contributed by atoms with Gasteiger partial charge in [-0.2, -0.15) is 0 Å². The summed E-state index contributed by atoms with van der Waals surface area (Å²) in [6, 6.07) is 2.51. The van der Waals surface area contributed by atoms with Gasteiger partial charge in [0, 0.05) is 0 Å². The van der Waals surface area contributed by atoms with Crippen molar-refractivity contribution in [1.82, 2.24) is 10.1 Å². The van der Waals surface area contributed by atoms with Gasteiger partial charge in [-0.1, -0.05) is 25.1 Å². The van der Waals surface area contributed by atoms with Gasteiger partial charge in [-0.15, -0.1) is 0 Å². The highest BCUT2D eigenvalue weighted by molar-refractivity contribution is 5.61. The molecule has 0 spiro atoms. The lowest BCUT2D eigenvalue weighted by Gasteiger charge is -2.11. The second-order valence-electron chi connectivity index (χ2n) is 3.92. The van der Waals surface area contributed by atoms with Crippen molar-refractivity contribution in [3.63, 3.8) is 0 Å². The second-order valence-corrected chi connectivity index (χ2v) is 3.92. The molecule has 0 saturated carbocycles. The maximum Gasteiger partial charge on any atom is 0.439 e. The van der Waals surface area contributed by atoms with E-state index in [-0.39, 0.29) is 17.3 Å². The van der Waals surface area contributed by atoms with E-state index in [9.17, 15) is 13.6 Å². The molecule has 1 N–H and O–H groups in total. The molecule has 0 bridgehead atoms. The van der Waals surface area contributed by atoms with Crippen LogP contribution in [0.15, 0.2) is 21.5 Å². The van der Waals surface area contributed by atoms with E-state index in [1.54, 1.807) is 0 Å². The molecule has 1 aromatic carbocycles. The van der Waals surface area contributed by atoms with Gasteiger partial charge in [0.1, 0.15) is 0 Å². The van der Waals surface area contributed by atoms with Gasteiger partial charge in [0.2, 0.25) is 0 Å². The molecule has 0 aliphatic carbocycles. The first-order valence-corrected chi connectivity index (χ1v) is 5.05. The molecule has 17 heavy (non-hydrogen) atoms. The monoisotopic (exact) mass is 240 g/mol. The largest absolute Gasteiger partial charge is 0.439 e. The molecule has 2 rings (SSSR count). The molecule has 0 unspecified atom stereocenters. The van der Waals surface area contributed by atoms with Crippen molar-refractivity contribution in [2.24, 2.45) is 0 Å². The summed E-state index contributed by atoms with van der Waals surface area (Å²) in [5, 5.41) is 3.38. The van der Waals surface area contributed by atoms with Crippen LogP contribution in [0.1, 0.15) is 25.3 Å². The van der Waals surface area contributed by atoms with Crippen LogP contribution in [0.25, 0.3) is 11.4 Å². The normalized spacial score (nSPS) is 11.1. The van der Waals surface area contributed by atoms with Crippen molar-refractivity contribution in [2.45, 2.75) is 19.8 Å². The molecule has 0 aliphatic rings. The van der Waals surface area contributed by atoms with Gasteiger partial charge in [-0.3, -0.25) is 9.51 Å². The van der Waals surface area contributed by atoms with Crippen LogP contribution < -0.4 is 5.76 Å². The SMILES string of the molecule is CC(C)c1ccc(F)c(F)c1-c1noc(=O)[nH]1. The zero-order valence-electron chi connectivity index (χ0n) is 9.25. The van der Waals surface area contributed by atoms with E-state index in [1.807, 2.05) is 13.8 Å². The van der Waals surface area contributed by atoms with E-state index >= 15 is 0 Å². The zero-order chi connectivity index (χ0) is 12.6. The minimum Gasteiger partial charge on any atom is -0.296 e. The highest BCUT2D eigenvalue weighted by Crippen LogP contribution is 2.30. The van der Waals surface area contributed by atoms with E-state index in [4.69, 9.17) is 0 Å². The fourth-order valence-corrected chi connectivity index (χ4v) is 1.62. The van der Waals surface area contributed by atoms with Gasteiger partial charge in [-0.25, -0.2) is 13.6 Å². The molecule has 0 radical (unpaired) electrons. The first-order valence-electron chi connectivity index (χ1n) is 5.05. The molecule has 0 atom stereocenters. The third-order valence-electron chi connectivity index (χ3n) is 2.43. The summed E-state index contributed by atoms with van der Waals surface area (Å²) >= 11 is 0. The minimum atomic E-state index is -1.04. The number of hydrogen-bond donors (Lipinski definition) is 1. The Labute approximate surface area is 95.3 Å². The van der Waals surface area contributed by atoms with Crippen molar-refractivity contribution < 1.29 is 13.3 Å². The number of rotatable bonds is 2. The number of aromatic amines is 1. The first kappa shape index (κ1) is 11.5. The molecule has 1 aromatic heterocycles. The number of nitrogens with zero attached hydrogens (tertiary/aromatic N) is 1. The van der Waals surface area contributed by atoms with Gasteiger partial charge in [0.25, 0.3) is 0 Å². The van der Waals surface area contributed by atoms with E-state index in [0.29, 0.717) is 5.56 Å². The Bertz CT molecular complexity index is 602. The van der Waals surface area contributed by atoms with Crippen molar-refractivity contribution in [1.29, 1.82) is 0 Å². The van der Waals surface area contributed by atoms with Crippen molar-refractivity contribution in [3.8, 4) is 11.4 Å². The predicted molar refractivity (Wildman–Crippen MR) is 56.6 cm³/mol. The average Bonchev–Trinajstić information content (AvgIpc) is 2.68. The highest BCUT2D eigenvalue weighted by Gasteiger charge is 2.20. The molecule has 0 saturated heterocycles. The Morgan fingerprint density at radius 1 is 1.35 bits per heavy atom. The average molecular weight is 240 g/mol. The summed E-state index contributed by atoms with van der Waals surface area (Å²) in [5.41, 5.74) is 0.485. The third kappa shape index (κ3) is 1.98. The molecule has 2 aromatic rings. The topological polar surface area (TPSA) is 58.9 Å². The number of benzene rings is 1. The molecule has 6 heteroatoms. The van der Waals surface area contributed by atoms with Crippen LogP contribution in [-0.2, 0) is 0 Å². The number of hydrogen-bond acceptors (Lipinski definition) is 3. The van der Waals surface area contributed by atoms with E-state index in [2.05, 4.69) is 14.7 Å². The van der Waals surface area contributed by atoms with Crippen LogP contribution in [0, 0.1) is 11.6 Å². The van der Waals surface area contributed by atoms with Gasteiger partial charge in [0.15, 0.2) is 17.5 Å². The van der Waals surface area contributed by atoms with Gasteiger partial charge >= 0.3 is 5.76 Å². The van der Waals surface area contributed by atoms with Crippen LogP contribution in [0.2, 0.25) is 0 Å². The maximum atomic E-state index is 13.7. The molecular formula is C11H10F2N2O2. The quantitative estimate of drug-likeness (QED) is 0.876. The number of aromatic nitrogens is 2. The summed E-state index contributed by atoms with van der Waals surface area (Å²) in [5.74, 6) is -2.98. The van der Waals surface area contributed by atoms with Crippen molar-refractivity contribution in [3.05, 3.63) is 39.9 Å². The lowest BCUT2D eigenvalue weighted by atomic mass is 9.96. The van der Waals surface area contributed by atoms with Crippen molar-refractivity contribution in [2.75, 3.05) is 0 Å². The summed E-state index contributed by atoms with van der Waals surface area (Å²) in [6.07, 6.45) is 0. The Kier molecular flexibility index (Phi) is 2.79. The Morgan fingerprint density at radius 2 is 2.06 bits per heavy atom. The maximum absolute atomic E-state index is 13.7. The summed E-state index contributed by atoms with van der Waals surface area (Å²) in [4.78, 5) is 13.1. The standard InChI is InChI=1S/C11H10F2N2O2/c1-5(2)6-3-4-7(12)9(13)8(6)10-14-11(16)17-15-10/h3-5H,1-2H3,(H,14,15,16). The van der Waals surface area contributed by atoms with Gasteiger partial charge in [0.05, 0.1) is 5.56 Å². The van der Waals surface area contributed by atoms with E-state index < -0.39 is 17.4 Å². The second kappa shape index (κ2) is 4.12. The smallest absolute Gasteiger partial charge is 0.296 e. The van der Waals surface area contributed by atoms with Gasteiger partial charge < -0.3 is 0 Å². The summed E-state index contributed by atoms with van der Waals surface area (Å²) in [7, 11) is 0. The molecule has 0 aliphatic heterocycles. The Hall–Kier alpha value is -1.98. The fourth-order valence-electron chi connectivity index (χ4n) is 1.62. The summed E-state index contributed by atoms with van der Waals surface area (Å²) in [6.45, 7) is 3.66. The van der Waals surface area contributed by atoms with Crippen molar-refractivity contribution >= 4 is 0 Å². The summed E-state index contributed by atoms with van der Waals surface area (Å²) < 4.78 is 31.2. The Balaban J connectivity index is 2.73. The fraction of sp³-hybridized carbons (Fsp3) is 0.273. The van der Waals surface area contributed by atoms with Crippen LogP contribution in [0.4, 0.5) is 8.78 Å². The van der Waals surface area contributed by atoms with Crippen LogP contribution in [-0.4, -0.2) is 10.1 Å². The highest BCUT2D eigenvalue weighted by atomic mass is 19.2. The minimum absolute atomic E-state index is 0.0414. The molecule has 0 amide bonds. The molecule has 0 fully saturated rings. The molecule has 90 valence electrons. The lowest BCUT2D eigenvalue weighted by Crippen LogP contribution is -2.02. The third-order valence-corrected chi connectivity index (χ3v) is 2.43. The van der Waals surface area contributed by atoms with E-state index in [1.165, 1.54) is 6.07 Å². The molecule has 1 heterocycles. The first-order chi connectivity index (χ1) is 8.00. The van der Waals surface area contributed by atoms with Crippen LogP contribution in [0.3, 0.4) is 0 Å².